The molecule has 0 aliphatic heterocycles. The second-order valence-electron chi connectivity index (χ2n) is 6.53. The Morgan fingerprint density at radius 2 is 1.97 bits per heavy atom. The summed E-state index contributed by atoms with van der Waals surface area (Å²) in [5.74, 6) is 0.693. The number of primary amides is 1. The molecule has 152 valence electrons. The molecule has 8 nitrogen and oxygen atoms in total. The van der Waals surface area contributed by atoms with Gasteiger partial charge in [-0.1, -0.05) is 0 Å². The summed E-state index contributed by atoms with van der Waals surface area (Å²) in [4.78, 5) is 23.8. The van der Waals surface area contributed by atoms with Crippen LogP contribution in [0, 0.1) is 13.8 Å². The Balaban J connectivity index is 1.79. The van der Waals surface area contributed by atoms with Gasteiger partial charge in [0.25, 0.3) is 11.8 Å². The van der Waals surface area contributed by atoms with Crippen LogP contribution >= 0.6 is 0 Å². The third-order valence-electron chi connectivity index (χ3n) is 4.50. The standard InChI is InChI=1S/C21H23N3O5/c1-13-9-17(14(2)24(13)11-16-5-4-8-28-16)21(26)23-15-6-7-18(27-3)19(10-15)29-12-20(22)25/h4-10H,11-12H2,1-3H3,(H2,22,25)(H,23,26). The SMILES string of the molecule is COc1ccc(NC(=O)c2cc(C)n(Cc3ccco3)c2C)cc1OCC(N)=O. The van der Waals surface area contributed by atoms with E-state index in [-0.39, 0.29) is 12.5 Å². The van der Waals surface area contributed by atoms with Crippen molar-refractivity contribution in [2.45, 2.75) is 20.4 Å². The van der Waals surface area contributed by atoms with Crippen LogP contribution in [-0.2, 0) is 11.3 Å². The molecule has 0 atom stereocenters. The van der Waals surface area contributed by atoms with Crippen LogP contribution in [0.2, 0.25) is 0 Å². The molecule has 0 aliphatic carbocycles. The fraction of sp³-hybridized carbons (Fsp3) is 0.238. The number of carbonyl (C=O) groups excluding carboxylic acids is 2. The van der Waals surface area contributed by atoms with E-state index in [1.165, 1.54) is 7.11 Å². The maximum Gasteiger partial charge on any atom is 0.257 e. The van der Waals surface area contributed by atoms with E-state index in [2.05, 4.69) is 5.32 Å². The van der Waals surface area contributed by atoms with Gasteiger partial charge in [-0.05, 0) is 44.2 Å². The minimum absolute atomic E-state index is 0.255. The zero-order chi connectivity index (χ0) is 21.0. The molecule has 2 amide bonds. The van der Waals surface area contributed by atoms with E-state index < -0.39 is 5.91 Å². The van der Waals surface area contributed by atoms with Gasteiger partial charge in [-0.3, -0.25) is 9.59 Å². The number of anilines is 1. The van der Waals surface area contributed by atoms with Gasteiger partial charge >= 0.3 is 0 Å². The van der Waals surface area contributed by atoms with Crippen LogP contribution in [0.3, 0.4) is 0 Å². The van der Waals surface area contributed by atoms with Crippen LogP contribution in [0.5, 0.6) is 11.5 Å². The number of nitrogens with zero attached hydrogens (tertiary/aromatic N) is 1. The van der Waals surface area contributed by atoms with E-state index >= 15 is 0 Å². The second kappa shape index (κ2) is 8.55. The van der Waals surface area contributed by atoms with Crippen molar-refractivity contribution in [2.75, 3.05) is 19.0 Å². The van der Waals surface area contributed by atoms with Crippen molar-refractivity contribution in [2.24, 2.45) is 5.73 Å². The normalized spacial score (nSPS) is 10.6. The number of aromatic nitrogens is 1. The minimum atomic E-state index is -0.606. The Hall–Kier alpha value is -3.68. The molecule has 0 radical (unpaired) electrons. The van der Waals surface area contributed by atoms with Crippen molar-refractivity contribution >= 4 is 17.5 Å². The molecule has 3 aromatic rings. The van der Waals surface area contributed by atoms with E-state index in [0.717, 1.165) is 17.1 Å². The van der Waals surface area contributed by atoms with E-state index in [1.54, 1.807) is 24.5 Å². The van der Waals surface area contributed by atoms with Gasteiger partial charge in [-0.15, -0.1) is 0 Å². The maximum atomic E-state index is 12.8. The Bertz CT molecular complexity index is 1020. The van der Waals surface area contributed by atoms with E-state index in [1.807, 2.05) is 36.6 Å². The fourth-order valence-corrected chi connectivity index (χ4v) is 3.05. The molecule has 8 heteroatoms. The van der Waals surface area contributed by atoms with Gasteiger partial charge in [0.15, 0.2) is 18.1 Å². The highest BCUT2D eigenvalue weighted by Crippen LogP contribution is 2.30. The number of benzene rings is 1. The molecular formula is C21H23N3O5. The largest absolute Gasteiger partial charge is 0.493 e. The van der Waals surface area contributed by atoms with Crippen molar-refractivity contribution in [1.29, 1.82) is 0 Å². The number of ether oxygens (including phenoxy) is 2. The summed E-state index contributed by atoms with van der Waals surface area (Å²) in [5, 5.41) is 2.85. The zero-order valence-electron chi connectivity index (χ0n) is 16.5. The highest BCUT2D eigenvalue weighted by atomic mass is 16.5. The van der Waals surface area contributed by atoms with Crippen molar-refractivity contribution < 1.29 is 23.5 Å². The quantitative estimate of drug-likeness (QED) is 0.607. The number of amides is 2. The van der Waals surface area contributed by atoms with Crippen molar-refractivity contribution in [3.63, 3.8) is 0 Å². The van der Waals surface area contributed by atoms with Crippen LogP contribution in [0.4, 0.5) is 5.69 Å². The van der Waals surface area contributed by atoms with Gasteiger partial charge in [-0.25, -0.2) is 0 Å². The molecule has 29 heavy (non-hydrogen) atoms. The number of hydrogen-bond acceptors (Lipinski definition) is 5. The Kier molecular flexibility index (Phi) is 5.92. The number of aryl methyl sites for hydroxylation is 1. The molecule has 0 fully saturated rings. The van der Waals surface area contributed by atoms with Crippen LogP contribution in [0.1, 0.15) is 27.5 Å². The lowest BCUT2D eigenvalue weighted by atomic mass is 10.2. The molecular weight excluding hydrogens is 374 g/mol. The Morgan fingerprint density at radius 3 is 2.62 bits per heavy atom. The maximum absolute atomic E-state index is 12.8. The molecule has 0 saturated heterocycles. The van der Waals surface area contributed by atoms with Crippen molar-refractivity contribution in [3.8, 4) is 11.5 Å². The fourth-order valence-electron chi connectivity index (χ4n) is 3.05. The summed E-state index contributed by atoms with van der Waals surface area (Å²) < 4.78 is 18.0. The lowest BCUT2D eigenvalue weighted by Crippen LogP contribution is -2.20. The van der Waals surface area contributed by atoms with Crippen LogP contribution < -0.4 is 20.5 Å². The predicted octanol–water partition coefficient (Wildman–Crippen LogP) is 2.87. The molecule has 0 spiro atoms. The van der Waals surface area contributed by atoms with Gasteiger partial charge < -0.3 is 29.5 Å². The van der Waals surface area contributed by atoms with Crippen LogP contribution in [0.15, 0.2) is 47.1 Å². The number of carbonyl (C=O) groups is 2. The molecule has 0 unspecified atom stereocenters. The summed E-state index contributed by atoms with van der Waals surface area (Å²) >= 11 is 0. The van der Waals surface area contributed by atoms with Gasteiger partial charge in [0.1, 0.15) is 5.76 Å². The van der Waals surface area contributed by atoms with Gasteiger partial charge in [-0.2, -0.15) is 0 Å². The summed E-state index contributed by atoms with van der Waals surface area (Å²) in [5.41, 5.74) is 7.97. The number of nitrogens with two attached hydrogens (primary N) is 1. The average molecular weight is 397 g/mol. The first-order valence-electron chi connectivity index (χ1n) is 8.98. The number of nitrogens with one attached hydrogen (secondary N) is 1. The molecule has 1 aromatic carbocycles. The highest BCUT2D eigenvalue weighted by molar-refractivity contribution is 6.05. The van der Waals surface area contributed by atoms with E-state index in [0.29, 0.717) is 29.3 Å². The van der Waals surface area contributed by atoms with E-state index in [9.17, 15) is 9.59 Å². The first-order valence-corrected chi connectivity index (χ1v) is 8.98. The Labute approximate surface area is 168 Å². The molecule has 2 heterocycles. The topological polar surface area (TPSA) is 109 Å². The summed E-state index contributed by atoms with van der Waals surface area (Å²) in [7, 11) is 1.48. The molecule has 2 aromatic heterocycles. The second-order valence-corrected chi connectivity index (χ2v) is 6.53. The number of rotatable bonds is 8. The number of furan rings is 1. The Morgan fingerprint density at radius 1 is 1.17 bits per heavy atom. The number of methoxy groups -OCH3 is 1. The molecule has 3 N–H and O–H groups in total. The predicted molar refractivity (Wildman–Crippen MR) is 107 cm³/mol. The third kappa shape index (κ3) is 4.60. The molecule has 0 bridgehead atoms. The van der Waals surface area contributed by atoms with Gasteiger partial charge in [0.2, 0.25) is 0 Å². The lowest BCUT2D eigenvalue weighted by molar-refractivity contribution is -0.119. The van der Waals surface area contributed by atoms with Crippen LogP contribution in [-0.4, -0.2) is 30.1 Å². The summed E-state index contributed by atoms with van der Waals surface area (Å²) in [6.07, 6.45) is 1.62. The smallest absolute Gasteiger partial charge is 0.257 e. The molecule has 0 aliphatic rings. The third-order valence-corrected chi connectivity index (χ3v) is 4.50. The number of hydrogen-bond donors (Lipinski definition) is 2. The lowest BCUT2D eigenvalue weighted by Gasteiger charge is -2.12. The highest BCUT2D eigenvalue weighted by Gasteiger charge is 2.17. The summed E-state index contributed by atoms with van der Waals surface area (Å²) in [6.45, 7) is 4.09. The van der Waals surface area contributed by atoms with Gasteiger partial charge in [0.05, 0.1) is 25.5 Å². The van der Waals surface area contributed by atoms with Crippen LogP contribution in [0.25, 0.3) is 0 Å². The van der Waals surface area contributed by atoms with E-state index in [4.69, 9.17) is 19.6 Å². The van der Waals surface area contributed by atoms with Gasteiger partial charge in [0, 0.05) is 23.1 Å². The van der Waals surface area contributed by atoms with Crippen molar-refractivity contribution in [3.05, 3.63) is 65.4 Å². The molecule has 3 rings (SSSR count). The monoisotopic (exact) mass is 397 g/mol. The first kappa shape index (κ1) is 20.1. The zero-order valence-corrected chi connectivity index (χ0v) is 16.5. The van der Waals surface area contributed by atoms with Crippen molar-refractivity contribution in [1.82, 2.24) is 4.57 Å². The average Bonchev–Trinajstić information content (AvgIpc) is 3.30. The summed E-state index contributed by atoms with van der Waals surface area (Å²) in [6, 6.07) is 10.5. The first-order chi connectivity index (χ1) is 13.9. The molecule has 0 saturated carbocycles. The minimum Gasteiger partial charge on any atom is -0.493 e.